The molecule has 2 aromatic heterocycles. The van der Waals surface area contributed by atoms with Gasteiger partial charge in [-0.1, -0.05) is 12.1 Å². The fourth-order valence-corrected chi connectivity index (χ4v) is 3.36. The fraction of sp³-hybridized carbons (Fsp3) is 0.174. The Labute approximate surface area is 175 Å². The first-order chi connectivity index (χ1) is 14.8. The summed E-state index contributed by atoms with van der Waals surface area (Å²) in [5.41, 5.74) is 1.86. The topological polar surface area (TPSA) is 47.1 Å². The van der Waals surface area contributed by atoms with Gasteiger partial charge < -0.3 is 14.5 Å². The number of aromatic nitrogens is 2. The molecule has 1 N–H and O–H groups in total. The van der Waals surface area contributed by atoms with E-state index in [1.807, 2.05) is 30.5 Å². The van der Waals surface area contributed by atoms with E-state index in [1.54, 1.807) is 12.3 Å². The lowest BCUT2D eigenvalue weighted by atomic mass is 10.0. The summed E-state index contributed by atoms with van der Waals surface area (Å²) in [5.74, 6) is -0.445. The number of fused-ring (bicyclic) bond motifs is 1. The Morgan fingerprint density at radius 2 is 1.81 bits per heavy atom. The van der Waals surface area contributed by atoms with Crippen molar-refractivity contribution in [2.75, 3.05) is 7.11 Å². The monoisotopic (exact) mass is 430 g/mol. The van der Waals surface area contributed by atoms with E-state index in [1.165, 1.54) is 13.2 Å². The van der Waals surface area contributed by atoms with Gasteiger partial charge in [-0.05, 0) is 59.5 Å². The Morgan fingerprint density at radius 3 is 2.55 bits per heavy atom. The Bertz CT molecular complexity index is 1220. The van der Waals surface area contributed by atoms with Crippen molar-refractivity contribution in [3.63, 3.8) is 0 Å². The Hall–Kier alpha value is -3.55. The van der Waals surface area contributed by atoms with Crippen LogP contribution in [-0.4, -0.2) is 17.1 Å². The van der Waals surface area contributed by atoms with E-state index < -0.39 is 17.6 Å². The average molecular weight is 430 g/mol. The number of halogens is 4. The first-order valence-electron chi connectivity index (χ1n) is 9.41. The summed E-state index contributed by atoms with van der Waals surface area (Å²) in [5, 5.41) is 1.03. The molecule has 2 aromatic carbocycles. The van der Waals surface area contributed by atoms with Gasteiger partial charge >= 0.3 is 6.18 Å². The molecule has 4 nitrogen and oxygen atoms in total. The second kappa shape index (κ2) is 8.29. The van der Waals surface area contributed by atoms with Gasteiger partial charge in [0.25, 0.3) is 0 Å². The van der Waals surface area contributed by atoms with Crippen molar-refractivity contribution in [1.29, 1.82) is 0 Å². The number of methoxy groups -OCH3 is 1. The summed E-state index contributed by atoms with van der Waals surface area (Å²) in [4.78, 5) is 7.42. The molecule has 0 atom stereocenters. The van der Waals surface area contributed by atoms with E-state index in [9.17, 15) is 17.6 Å². The number of rotatable bonds is 6. The minimum absolute atomic E-state index is 0.0983. The molecular formula is C23H18F4N2O2. The summed E-state index contributed by atoms with van der Waals surface area (Å²) >= 11 is 0. The third-order valence-electron chi connectivity index (χ3n) is 4.89. The van der Waals surface area contributed by atoms with Crippen LogP contribution in [0.2, 0.25) is 0 Å². The van der Waals surface area contributed by atoms with Gasteiger partial charge in [-0.25, -0.2) is 9.37 Å². The smallest absolute Gasteiger partial charge is 0.419 e. The predicted molar refractivity (Wildman–Crippen MR) is 108 cm³/mol. The van der Waals surface area contributed by atoms with E-state index >= 15 is 0 Å². The third-order valence-corrected chi connectivity index (χ3v) is 4.89. The Morgan fingerprint density at radius 1 is 1.00 bits per heavy atom. The highest BCUT2D eigenvalue weighted by atomic mass is 19.4. The van der Waals surface area contributed by atoms with Crippen molar-refractivity contribution in [3.05, 3.63) is 89.0 Å². The number of aromatic amines is 1. The maximum Gasteiger partial charge on any atom is 0.419 e. The molecule has 0 spiro atoms. The Kier molecular flexibility index (Phi) is 5.54. The van der Waals surface area contributed by atoms with E-state index in [0.717, 1.165) is 28.2 Å². The molecule has 0 saturated carbocycles. The maximum absolute atomic E-state index is 13.8. The van der Waals surface area contributed by atoms with E-state index in [2.05, 4.69) is 9.97 Å². The number of ether oxygens (including phenoxy) is 2. The molecule has 160 valence electrons. The number of nitrogens with zero attached hydrogens (tertiary/aromatic N) is 1. The number of alkyl halides is 3. The summed E-state index contributed by atoms with van der Waals surface area (Å²) < 4.78 is 62.9. The van der Waals surface area contributed by atoms with Crippen LogP contribution in [0.3, 0.4) is 0 Å². The van der Waals surface area contributed by atoms with Crippen LogP contribution in [0.1, 0.15) is 22.3 Å². The molecule has 2 heterocycles. The molecule has 8 heteroatoms. The molecule has 0 aliphatic carbocycles. The summed E-state index contributed by atoms with van der Waals surface area (Å²) in [6, 6.07) is 12.0. The number of benzene rings is 2. The molecule has 31 heavy (non-hydrogen) atoms. The van der Waals surface area contributed by atoms with E-state index in [0.29, 0.717) is 24.0 Å². The molecule has 0 fully saturated rings. The van der Waals surface area contributed by atoms with Crippen LogP contribution in [0.15, 0.2) is 60.9 Å². The van der Waals surface area contributed by atoms with Crippen molar-refractivity contribution in [1.82, 2.24) is 9.97 Å². The first kappa shape index (κ1) is 20.7. The van der Waals surface area contributed by atoms with Crippen molar-refractivity contribution in [2.45, 2.75) is 19.2 Å². The molecule has 4 aromatic rings. The highest BCUT2D eigenvalue weighted by Gasteiger charge is 2.33. The van der Waals surface area contributed by atoms with Gasteiger partial charge in [-0.3, -0.25) is 0 Å². The molecule has 0 unspecified atom stereocenters. The minimum atomic E-state index is -4.73. The van der Waals surface area contributed by atoms with E-state index in [4.69, 9.17) is 9.47 Å². The average Bonchev–Trinajstić information content (AvgIpc) is 3.14. The minimum Gasteiger partial charge on any atom is -0.493 e. The van der Waals surface area contributed by atoms with E-state index in [-0.39, 0.29) is 12.2 Å². The van der Waals surface area contributed by atoms with Crippen LogP contribution in [0.5, 0.6) is 11.5 Å². The molecule has 0 radical (unpaired) electrons. The zero-order valence-electron chi connectivity index (χ0n) is 16.5. The van der Waals surface area contributed by atoms with Gasteiger partial charge in [-0.15, -0.1) is 0 Å². The van der Waals surface area contributed by atoms with Gasteiger partial charge in [0.05, 0.1) is 12.7 Å². The Balaban J connectivity index is 1.49. The van der Waals surface area contributed by atoms with Crippen molar-refractivity contribution in [2.24, 2.45) is 0 Å². The van der Waals surface area contributed by atoms with Crippen LogP contribution in [-0.2, 0) is 19.2 Å². The number of H-pyrrole nitrogens is 1. The molecular weight excluding hydrogens is 412 g/mol. The molecule has 0 saturated heterocycles. The SMILES string of the molecule is COc1cc(Cc2c[nH]c3ncccc23)ccc1OCc1ccc(C(F)(F)F)c(F)c1. The van der Waals surface area contributed by atoms with Crippen LogP contribution in [0.4, 0.5) is 17.6 Å². The summed E-state index contributed by atoms with van der Waals surface area (Å²) in [6.45, 7) is -0.0983. The normalized spacial score (nSPS) is 11.6. The summed E-state index contributed by atoms with van der Waals surface area (Å²) in [6.07, 6.45) is -0.455. The van der Waals surface area contributed by atoms with Crippen molar-refractivity contribution in [3.8, 4) is 11.5 Å². The lowest BCUT2D eigenvalue weighted by molar-refractivity contribution is -0.140. The lowest BCUT2D eigenvalue weighted by Crippen LogP contribution is -2.09. The fourth-order valence-electron chi connectivity index (χ4n) is 3.36. The quantitative estimate of drug-likeness (QED) is 0.388. The maximum atomic E-state index is 13.8. The van der Waals surface area contributed by atoms with Gasteiger partial charge in [-0.2, -0.15) is 13.2 Å². The zero-order valence-corrected chi connectivity index (χ0v) is 16.5. The van der Waals surface area contributed by atoms with Crippen molar-refractivity contribution >= 4 is 11.0 Å². The highest BCUT2D eigenvalue weighted by molar-refractivity contribution is 5.79. The second-order valence-electron chi connectivity index (χ2n) is 6.98. The molecule has 0 aliphatic heterocycles. The number of nitrogens with one attached hydrogen (secondary N) is 1. The van der Waals surface area contributed by atoms with Crippen molar-refractivity contribution < 1.29 is 27.0 Å². The zero-order chi connectivity index (χ0) is 22.0. The number of hydrogen-bond donors (Lipinski definition) is 1. The molecule has 0 bridgehead atoms. The highest BCUT2D eigenvalue weighted by Crippen LogP contribution is 2.33. The molecule has 0 aliphatic rings. The first-order valence-corrected chi connectivity index (χ1v) is 9.41. The van der Waals surface area contributed by atoms with Gasteiger partial charge in [0.2, 0.25) is 0 Å². The molecule has 4 rings (SSSR count). The second-order valence-corrected chi connectivity index (χ2v) is 6.98. The largest absolute Gasteiger partial charge is 0.493 e. The lowest BCUT2D eigenvalue weighted by Gasteiger charge is -2.13. The number of hydrogen-bond acceptors (Lipinski definition) is 3. The van der Waals surface area contributed by atoms with Gasteiger partial charge in [0, 0.05) is 17.8 Å². The van der Waals surface area contributed by atoms with Crippen LogP contribution >= 0.6 is 0 Å². The number of pyridine rings is 1. The third kappa shape index (κ3) is 4.47. The van der Waals surface area contributed by atoms with Gasteiger partial charge in [0.1, 0.15) is 18.1 Å². The van der Waals surface area contributed by atoms with Crippen LogP contribution in [0, 0.1) is 5.82 Å². The van der Waals surface area contributed by atoms with Crippen LogP contribution in [0.25, 0.3) is 11.0 Å². The van der Waals surface area contributed by atoms with Gasteiger partial charge in [0.15, 0.2) is 11.5 Å². The molecule has 0 amide bonds. The predicted octanol–water partition coefficient (Wildman–Crippen LogP) is 5.90. The standard InChI is InChI=1S/C23H18F4N2O2/c1-30-21-11-14(9-16-12-29-22-17(16)3-2-8-28-22)5-7-20(21)31-13-15-4-6-18(19(24)10-15)23(25,26)27/h2-8,10-12H,9,13H2,1H3,(H,28,29). The van der Waals surface area contributed by atoms with Crippen LogP contribution < -0.4 is 9.47 Å². The summed E-state index contributed by atoms with van der Waals surface area (Å²) in [7, 11) is 1.50.